The average Bonchev–Trinajstić information content (AvgIpc) is 2.85. The van der Waals surface area contributed by atoms with E-state index < -0.39 is 0 Å². The highest BCUT2D eigenvalue weighted by molar-refractivity contribution is 9.10. The van der Waals surface area contributed by atoms with Crippen LogP contribution in [0.15, 0.2) is 28.7 Å². The van der Waals surface area contributed by atoms with Gasteiger partial charge in [0.2, 0.25) is 5.91 Å². The smallest absolute Gasteiger partial charge is 0.238 e. The van der Waals surface area contributed by atoms with Crippen LogP contribution in [0.4, 0.5) is 5.69 Å². The fourth-order valence-corrected chi connectivity index (χ4v) is 2.15. The predicted octanol–water partition coefficient (Wildman–Crippen LogP) is 2.16. The van der Waals surface area contributed by atoms with Gasteiger partial charge in [0.05, 0.1) is 12.6 Å². The molecule has 1 aromatic rings. The van der Waals surface area contributed by atoms with E-state index in [9.17, 15) is 4.79 Å². The van der Waals surface area contributed by atoms with Crippen LogP contribution in [0, 0.1) is 0 Å². The van der Waals surface area contributed by atoms with Gasteiger partial charge in [-0.3, -0.25) is 4.79 Å². The maximum absolute atomic E-state index is 11.6. The Labute approximate surface area is 115 Å². The van der Waals surface area contributed by atoms with E-state index in [1.165, 1.54) is 0 Å². The second-order valence-electron chi connectivity index (χ2n) is 4.32. The van der Waals surface area contributed by atoms with E-state index in [-0.39, 0.29) is 12.0 Å². The Morgan fingerprint density at radius 3 is 2.83 bits per heavy atom. The molecular formula is C13H17BrN2O2. The van der Waals surface area contributed by atoms with E-state index in [0.29, 0.717) is 6.54 Å². The number of carbonyl (C=O) groups excluding carboxylic acids is 1. The summed E-state index contributed by atoms with van der Waals surface area (Å²) in [5.41, 5.74) is 0.808. The highest BCUT2D eigenvalue weighted by atomic mass is 79.9. The van der Waals surface area contributed by atoms with Crippen LogP contribution in [0.3, 0.4) is 0 Å². The first kappa shape index (κ1) is 13.5. The summed E-state index contributed by atoms with van der Waals surface area (Å²) in [7, 11) is 0. The number of anilines is 1. The Balaban J connectivity index is 1.66. The number of nitrogens with one attached hydrogen (secondary N) is 2. The van der Waals surface area contributed by atoms with Crippen LogP contribution >= 0.6 is 15.9 Å². The lowest BCUT2D eigenvalue weighted by molar-refractivity contribution is -0.115. The van der Waals surface area contributed by atoms with Crippen LogP contribution in [0.2, 0.25) is 0 Å². The average molecular weight is 313 g/mol. The fourth-order valence-electron chi connectivity index (χ4n) is 1.89. The van der Waals surface area contributed by atoms with Gasteiger partial charge in [-0.1, -0.05) is 15.9 Å². The third-order valence-electron chi connectivity index (χ3n) is 2.81. The van der Waals surface area contributed by atoms with Crippen molar-refractivity contribution in [3.63, 3.8) is 0 Å². The molecule has 2 N–H and O–H groups in total. The molecule has 1 amide bonds. The molecule has 98 valence electrons. The zero-order valence-electron chi connectivity index (χ0n) is 10.1. The zero-order chi connectivity index (χ0) is 12.8. The first-order valence-corrected chi connectivity index (χ1v) is 6.91. The van der Waals surface area contributed by atoms with Crippen LogP contribution in [0.5, 0.6) is 0 Å². The highest BCUT2D eigenvalue weighted by Crippen LogP contribution is 2.14. The van der Waals surface area contributed by atoms with Crippen molar-refractivity contribution in [2.24, 2.45) is 0 Å². The van der Waals surface area contributed by atoms with Gasteiger partial charge in [-0.05, 0) is 37.1 Å². The topological polar surface area (TPSA) is 50.4 Å². The minimum Gasteiger partial charge on any atom is -0.377 e. The minimum absolute atomic E-state index is 0.0321. The third-order valence-corrected chi connectivity index (χ3v) is 3.34. The van der Waals surface area contributed by atoms with Gasteiger partial charge in [-0.25, -0.2) is 0 Å². The molecule has 0 radical (unpaired) electrons. The van der Waals surface area contributed by atoms with Crippen molar-refractivity contribution in [1.29, 1.82) is 0 Å². The summed E-state index contributed by atoms with van der Waals surface area (Å²) < 4.78 is 6.46. The number of rotatable bonds is 5. The van der Waals surface area contributed by atoms with Crippen molar-refractivity contribution in [3.05, 3.63) is 28.7 Å². The number of amides is 1. The molecule has 0 aliphatic carbocycles. The van der Waals surface area contributed by atoms with Crippen molar-refractivity contribution in [2.45, 2.75) is 18.9 Å². The summed E-state index contributed by atoms with van der Waals surface area (Å²) >= 11 is 3.35. The molecule has 0 aromatic heterocycles. The third kappa shape index (κ3) is 4.40. The molecule has 1 atom stereocenters. The molecule has 0 saturated carbocycles. The molecule has 1 saturated heterocycles. The second kappa shape index (κ2) is 6.87. The van der Waals surface area contributed by atoms with Gasteiger partial charge < -0.3 is 15.4 Å². The molecule has 1 aliphatic heterocycles. The Morgan fingerprint density at radius 2 is 2.17 bits per heavy atom. The number of ether oxygens (including phenoxy) is 1. The largest absolute Gasteiger partial charge is 0.377 e. The molecule has 0 bridgehead atoms. The molecule has 0 unspecified atom stereocenters. The fraction of sp³-hybridized carbons (Fsp3) is 0.462. The molecule has 0 spiro atoms. The van der Waals surface area contributed by atoms with Crippen molar-refractivity contribution in [1.82, 2.24) is 5.32 Å². The standard InChI is InChI=1S/C13H17BrN2O2/c14-10-3-5-11(6-4-10)16-13(17)9-15-8-12-2-1-7-18-12/h3-6,12,15H,1-2,7-9H2,(H,16,17)/t12-/m0/s1. The van der Waals surface area contributed by atoms with Gasteiger partial charge in [-0.15, -0.1) is 0 Å². The van der Waals surface area contributed by atoms with E-state index in [1.54, 1.807) is 0 Å². The van der Waals surface area contributed by atoms with Crippen LogP contribution in [-0.2, 0) is 9.53 Å². The van der Waals surface area contributed by atoms with E-state index in [0.717, 1.165) is 36.2 Å². The van der Waals surface area contributed by atoms with Crippen LogP contribution in [-0.4, -0.2) is 31.7 Å². The predicted molar refractivity (Wildman–Crippen MR) is 74.6 cm³/mol. The van der Waals surface area contributed by atoms with E-state index in [1.807, 2.05) is 24.3 Å². The van der Waals surface area contributed by atoms with Gasteiger partial charge in [0.15, 0.2) is 0 Å². The Hall–Kier alpha value is -0.910. The molecule has 1 fully saturated rings. The molecule has 18 heavy (non-hydrogen) atoms. The van der Waals surface area contributed by atoms with Crippen molar-refractivity contribution >= 4 is 27.5 Å². The van der Waals surface area contributed by atoms with Gasteiger partial charge in [0.1, 0.15) is 0 Å². The maximum Gasteiger partial charge on any atom is 0.238 e. The summed E-state index contributed by atoms with van der Waals surface area (Å²) in [4.78, 5) is 11.6. The summed E-state index contributed by atoms with van der Waals surface area (Å²) in [6.07, 6.45) is 2.48. The monoisotopic (exact) mass is 312 g/mol. The molecule has 5 heteroatoms. The van der Waals surface area contributed by atoms with E-state index >= 15 is 0 Å². The lowest BCUT2D eigenvalue weighted by Crippen LogP contribution is -2.33. The Morgan fingerprint density at radius 1 is 1.39 bits per heavy atom. The van der Waals surface area contributed by atoms with Gasteiger partial charge in [0.25, 0.3) is 0 Å². The molecule has 2 rings (SSSR count). The Kier molecular flexibility index (Phi) is 5.16. The van der Waals surface area contributed by atoms with Crippen LogP contribution < -0.4 is 10.6 Å². The SMILES string of the molecule is O=C(CNC[C@@H]1CCCO1)Nc1ccc(Br)cc1. The summed E-state index contributed by atoms with van der Waals surface area (Å²) in [5.74, 6) is -0.0321. The lowest BCUT2D eigenvalue weighted by atomic mass is 10.2. The van der Waals surface area contributed by atoms with Gasteiger partial charge >= 0.3 is 0 Å². The molecule has 4 nitrogen and oxygen atoms in total. The maximum atomic E-state index is 11.6. The number of benzene rings is 1. The molecule has 1 aliphatic rings. The van der Waals surface area contributed by atoms with Crippen molar-refractivity contribution in [2.75, 3.05) is 25.0 Å². The minimum atomic E-state index is -0.0321. The first-order valence-electron chi connectivity index (χ1n) is 6.12. The van der Waals surface area contributed by atoms with Crippen molar-refractivity contribution < 1.29 is 9.53 Å². The van der Waals surface area contributed by atoms with Gasteiger partial charge in [-0.2, -0.15) is 0 Å². The number of halogens is 1. The normalized spacial score (nSPS) is 18.8. The zero-order valence-corrected chi connectivity index (χ0v) is 11.7. The summed E-state index contributed by atoms with van der Waals surface area (Å²) in [6, 6.07) is 7.52. The number of hydrogen-bond acceptors (Lipinski definition) is 3. The number of hydrogen-bond donors (Lipinski definition) is 2. The van der Waals surface area contributed by atoms with Gasteiger partial charge in [0, 0.05) is 23.3 Å². The van der Waals surface area contributed by atoms with E-state index in [2.05, 4.69) is 26.6 Å². The van der Waals surface area contributed by atoms with Crippen LogP contribution in [0.25, 0.3) is 0 Å². The second-order valence-corrected chi connectivity index (χ2v) is 5.24. The van der Waals surface area contributed by atoms with Crippen LogP contribution in [0.1, 0.15) is 12.8 Å². The van der Waals surface area contributed by atoms with E-state index in [4.69, 9.17) is 4.74 Å². The quantitative estimate of drug-likeness (QED) is 0.876. The first-order chi connectivity index (χ1) is 8.74. The lowest BCUT2D eigenvalue weighted by Gasteiger charge is -2.10. The Bertz CT molecular complexity index is 388. The molecular weight excluding hydrogens is 296 g/mol. The summed E-state index contributed by atoms with van der Waals surface area (Å²) in [5, 5.41) is 5.94. The van der Waals surface area contributed by atoms with Crippen molar-refractivity contribution in [3.8, 4) is 0 Å². The molecule has 1 aromatic carbocycles. The summed E-state index contributed by atoms with van der Waals surface area (Å²) in [6.45, 7) is 1.90. The number of carbonyl (C=O) groups is 1. The molecule has 1 heterocycles. The highest BCUT2D eigenvalue weighted by Gasteiger charge is 2.14.